The van der Waals surface area contributed by atoms with Crippen molar-refractivity contribution in [3.63, 3.8) is 0 Å². The van der Waals surface area contributed by atoms with E-state index in [1.54, 1.807) is 14.0 Å². The monoisotopic (exact) mass is 235 g/mol. The summed E-state index contributed by atoms with van der Waals surface area (Å²) < 4.78 is 9.97. The lowest BCUT2D eigenvalue weighted by atomic mass is 10.3. The van der Waals surface area contributed by atoms with E-state index in [0.717, 1.165) is 5.56 Å². The van der Waals surface area contributed by atoms with E-state index in [1.165, 1.54) is 6.33 Å². The first-order valence-corrected chi connectivity index (χ1v) is 5.09. The van der Waals surface area contributed by atoms with Crippen molar-refractivity contribution in [2.24, 2.45) is 0 Å². The highest BCUT2D eigenvalue weighted by atomic mass is 16.5. The van der Waals surface area contributed by atoms with E-state index in [-0.39, 0.29) is 0 Å². The molecule has 0 amide bonds. The third-order valence-electron chi connectivity index (χ3n) is 2.21. The summed E-state index contributed by atoms with van der Waals surface area (Å²) in [6.45, 7) is 4.07. The van der Waals surface area contributed by atoms with Gasteiger partial charge >= 0.3 is 0 Å². The quantitative estimate of drug-likeness (QED) is 0.848. The zero-order valence-corrected chi connectivity index (χ0v) is 9.89. The van der Waals surface area contributed by atoms with Crippen LogP contribution in [0.1, 0.15) is 17.3 Å². The van der Waals surface area contributed by atoms with Crippen molar-refractivity contribution < 1.29 is 9.26 Å². The molecule has 2 heterocycles. The number of aromatic nitrogens is 4. The van der Waals surface area contributed by atoms with Gasteiger partial charge in [0, 0.05) is 6.92 Å². The number of methoxy groups -OCH3 is 1. The van der Waals surface area contributed by atoms with Gasteiger partial charge in [0.15, 0.2) is 5.82 Å². The summed E-state index contributed by atoms with van der Waals surface area (Å²) in [6.07, 6.45) is 1.44. The molecule has 17 heavy (non-hydrogen) atoms. The van der Waals surface area contributed by atoms with Gasteiger partial charge in [0.1, 0.15) is 12.1 Å². The van der Waals surface area contributed by atoms with Crippen LogP contribution in [0.15, 0.2) is 10.9 Å². The molecule has 90 valence electrons. The van der Waals surface area contributed by atoms with E-state index in [1.807, 2.05) is 6.92 Å². The zero-order valence-electron chi connectivity index (χ0n) is 9.89. The number of rotatable bonds is 4. The fourth-order valence-corrected chi connectivity index (χ4v) is 1.39. The number of hydrogen-bond acceptors (Lipinski definition) is 7. The Morgan fingerprint density at radius 3 is 2.82 bits per heavy atom. The van der Waals surface area contributed by atoms with Gasteiger partial charge in [-0.3, -0.25) is 0 Å². The molecular weight excluding hydrogens is 222 g/mol. The minimum atomic E-state index is 0.443. The van der Waals surface area contributed by atoms with Gasteiger partial charge in [-0.15, -0.1) is 0 Å². The molecule has 0 radical (unpaired) electrons. The average Bonchev–Trinajstić information content (AvgIpc) is 2.74. The van der Waals surface area contributed by atoms with Gasteiger partial charge in [-0.25, -0.2) is 9.97 Å². The Morgan fingerprint density at radius 2 is 2.18 bits per heavy atom. The van der Waals surface area contributed by atoms with E-state index in [2.05, 4.69) is 25.4 Å². The van der Waals surface area contributed by atoms with E-state index < -0.39 is 0 Å². The van der Waals surface area contributed by atoms with Gasteiger partial charge in [-0.2, -0.15) is 4.98 Å². The second-order valence-electron chi connectivity index (χ2n) is 3.44. The Bertz CT molecular complexity index is 511. The Hall–Kier alpha value is -2.18. The molecular formula is C10H13N5O2. The van der Waals surface area contributed by atoms with Crippen LogP contribution in [0.5, 0.6) is 5.88 Å². The maximum Gasteiger partial charge on any atom is 0.223 e. The number of hydrogen-bond donors (Lipinski definition) is 1. The van der Waals surface area contributed by atoms with Gasteiger partial charge in [-0.05, 0) is 6.92 Å². The van der Waals surface area contributed by atoms with Gasteiger partial charge in [0.05, 0.1) is 19.2 Å². The van der Waals surface area contributed by atoms with Gasteiger partial charge in [-0.1, -0.05) is 5.16 Å². The average molecular weight is 235 g/mol. The third kappa shape index (κ3) is 2.49. The molecule has 2 aromatic heterocycles. The third-order valence-corrected chi connectivity index (χ3v) is 2.21. The molecule has 7 nitrogen and oxygen atoms in total. The van der Waals surface area contributed by atoms with E-state index in [0.29, 0.717) is 30.0 Å². The van der Waals surface area contributed by atoms with Crippen molar-refractivity contribution >= 4 is 5.82 Å². The standard InChI is InChI=1S/C10H13N5O2/c1-6-9(12-5-13-10(6)16-3)11-4-8-14-7(2)17-15-8/h5H,4H2,1-3H3,(H,11,12,13). The Kier molecular flexibility index (Phi) is 3.17. The summed E-state index contributed by atoms with van der Waals surface area (Å²) in [6, 6.07) is 0. The number of anilines is 1. The molecule has 0 bridgehead atoms. The molecule has 0 aliphatic rings. The van der Waals surface area contributed by atoms with Crippen molar-refractivity contribution in [1.82, 2.24) is 20.1 Å². The first-order chi connectivity index (χ1) is 8.20. The lowest BCUT2D eigenvalue weighted by Gasteiger charge is -2.08. The number of nitrogens with zero attached hydrogens (tertiary/aromatic N) is 4. The highest BCUT2D eigenvalue weighted by Gasteiger charge is 2.08. The second kappa shape index (κ2) is 4.77. The minimum Gasteiger partial charge on any atom is -0.481 e. The Morgan fingerprint density at radius 1 is 1.35 bits per heavy atom. The van der Waals surface area contributed by atoms with E-state index >= 15 is 0 Å². The number of aryl methyl sites for hydroxylation is 1. The van der Waals surface area contributed by atoms with Crippen LogP contribution in [0.4, 0.5) is 5.82 Å². The fourth-order valence-electron chi connectivity index (χ4n) is 1.39. The molecule has 0 fully saturated rings. The molecule has 0 spiro atoms. The Balaban J connectivity index is 2.09. The van der Waals surface area contributed by atoms with Crippen molar-refractivity contribution in [2.75, 3.05) is 12.4 Å². The van der Waals surface area contributed by atoms with E-state index in [4.69, 9.17) is 9.26 Å². The highest BCUT2D eigenvalue weighted by molar-refractivity contribution is 5.47. The minimum absolute atomic E-state index is 0.443. The van der Waals surface area contributed by atoms with Crippen molar-refractivity contribution in [3.8, 4) is 5.88 Å². The summed E-state index contributed by atoms with van der Waals surface area (Å²) in [7, 11) is 1.57. The fraction of sp³-hybridized carbons (Fsp3) is 0.400. The number of nitrogens with one attached hydrogen (secondary N) is 1. The molecule has 0 atom stereocenters. The molecule has 0 aliphatic heterocycles. The molecule has 0 saturated carbocycles. The van der Waals surface area contributed by atoms with Crippen molar-refractivity contribution in [3.05, 3.63) is 23.6 Å². The highest BCUT2D eigenvalue weighted by Crippen LogP contribution is 2.19. The molecule has 0 saturated heterocycles. The van der Waals surface area contributed by atoms with Crippen LogP contribution in [0.25, 0.3) is 0 Å². The van der Waals surface area contributed by atoms with Gasteiger partial charge in [0.25, 0.3) is 0 Å². The smallest absolute Gasteiger partial charge is 0.223 e. The van der Waals surface area contributed by atoms with Crippen LogP contribution in [-0.4, -0.2) is 27.2 Å². The lowest BCUT2D eigenvalue weighted by Crippen LogP contribution is -2.06. The predicted molar refractivity (Wildman–Crippen MR) is 59.7 cm³/mol. The van der Waals surface area contributed by atoms with Crippen LogP contribution in [0, 0.1) is 13.8 Å². The van der Waals surface area contributed by atoms with Gasteiger partial charge in [0.2, 0.25) is 11.8 Å². The summed E-state index contributed by atoms with van der Waals surface area (Å²) in [5, 5.41) is 6.88. The molecule has 1 N–H and O–H groups in total. The van der Waals surface area contributed by atoms with Crippen LogP contribution >= 0.6 is 0 Å². The molecule has 0 aliphatic carbocycles. The van der Waals surface area contributed by atoms with Crippen LogP contribution in [0.3, 0.4) is 0 Å². The molecule has 2 rings (SSSR count). The van der Waals surface area contributed by atoms with Crippen LogP contribution in [0.2, 0.25) is 0 Å². The topological polar surface area (TPSA) is 86.0 Å². The molecule has 0 unspecified atom stereocenters. The SMILES string of the molecule is COc1ncnc(NCc2noc(C)n2)c1C. The van der Waals surface area contributed by atoms with Gasteiger partial charge < -0.3 is 14.6 Å². The molecule has 0 aromatic carbocycles. The van der Waals surface area contributed by atoms with Crippen molar-refractivity contribution in [2.45, 2.75) is 20.4 Å². The largest absolute Gasteiger partial charge is 0.481 e. The maximum atomic E-state index is 5.10. The van der Waals surface area contributed by atoms with Crippen LogP contribution < -0.4 is 10.1 Å². The van der Waals surface area contributed by atoms with E-state index in [9.17, 15) is 0 Å². The number of ether oxygens (including phenoxy) is 1. The Labute approximate surface area is 98.2 Å². The summed E-state index contributed by atoms with van der Waals surface area (Å²) in [5.74, 6) is 2.37. The normalized spacial score (nSPS) is 10.3. The molecule has 7 heteroatoms. The summed E-state index contributed by atoms with van der Waals surface area (Å²) in [4.78, 5) is 12.2. The zero-order chi connectivity index (χ0) is 12.3. The first kappa shape index (κ1) is 11.3. The predicted octanol–water partition coefficient (Wildman–Crippen LogP) is 1.10. The maximum absolute atomic E-state index is 5.10. The summed E-state index contributed by atoms with van der Waals surface area (Å²) >= 11 is 0. The molecule has 2 aromatic rings. The second-order valence-corrected chi connectivity index (χ2v) is 3.44. The lowest BCUT2D eigenvalue weighted by molar-refractivity contribution is 0.388. The first-order valence-electron chi connectivity index (χ1n) is 5.09. The summed E-state index contributed by atoms with van der Waals surface area (Å²) in [5.41, 5.74) is 0.843. The van der Waals surface area contributed by atoms with Crippen LogP contribution in [-0.2, 0) is 6.54 Å². The van der Waals surface area contributed by atoms with Crippen molar-refractivity contribution in [1.29, 1.82) is 0 Å².